The van der Waals surface area contributed by atoms with Gasteiger partial charge in [0.15, 0.2) is 5.75 Å². The quantitative estimate of drug-likeness (QED) is 0.249. The summed E-state index contributed by atoms with van der Waals surface area (Å²) in [7, 11) is 0. The minimum atomic E-state index is -0.655. The smallest absolute Gasteiger partial charge is 0.379 e. The average molecular weight is 493 g/mol. The number of hydrogen-bond acceptors (Lipinski definition) is 6. The van der Waals surface area contributed by atoms with Gasteiger partial charge in [-0.25, -0.2) is 10.2 Å². The Morgan fingerprint density at radius 3 is 2.78 bits per heavy atom. The van der Waals surface area contributed by atoms with Gasteiger partial charge in [-0.1, -0.05) is 15.9 Å². The number of hydrazone groups is 1. The molecule has 0 saturated carbocycles. The summed E-state index contributed by atoms with van der Waals surface area (Å²) >= 11 is 6.72. The molecule has 0 unspecified atom stereocenters. The topological polar surface area (TPSA) is 93.8 Å². The molecule has 0 aliphatic carbocycles. The van der Waals surface area contributed by atoms with Crippen LogP contribution in [0, 0.1) is 0 Å². The molecule has 1 N–H and O–H groups in total. The third kappa shape index (κ3) is 4.89. The zero-order valence-electron chi connectivity index (χ0n) is 13.6. The van der Waals surface area contributed by atoms with Crippen molar-refractivity contribution in [3.8, 4) is 5.75 Å². The molecular formula is C18H11Br2N3O4. The van der Waals surface area contributed by atoms with Crippen molar-refractivity contribution in [2.75, 3.05) is 0 Å². The van der Waals surface area contributed by atoms with Crippen molar-refractivity contribution < 1.29 is 18.7 Å². The number of halogens is 2. The van der Waals surface area contributed by atoms with Crippen LogP contribution < -0.4 is 10.2 Å². The van der Waals surface area contributed by atoms with Crippen LogP contribution in [0.15, 0.2) is 73.5 Å². The van der Waals surface area contributed by atoms with Gasteiger partial charge < -0.3 is 9.15 Å². The molecule has 0 aliphatic heterocycles. The number of rotatable bonds is 5. The molecule has 7 nitrogen and oxygen atoms in total. The lowest BCUT2D eigenvalue weighted by molar-refractivity contribution is 0.0699. The summed E-state index contributed by atoms with van der Waals surface area (Å²) in [4.78, 5) is 28.0. The summed E-state index contributed by atoms with van der Waals surface area (Å²) in [5, 5.41) is 3.92. The molecule has 1 aromatic carbocycles. The molecule has 27 heavy (non-hydrogen) atoms. The number of furan rings is 1. The number of carbonyl (C=O) groups excluding carboxylic acids is 2. The lowest BCUT2D eigenvalue weighted by Crippen LogP contribution is -2.17. The largest absolute Gasteiger partial charge is 0.457 e. The first-order valence-electron chi connectivity index (χ1n) is 7.53. The van der Waals surface area contributed by atoms with Crippen molar-refractivity contribution in [1.82, 2.24) is 10.4 Å². The summed E-state index contributed by atoms with van der Waals surface area (Å²) < 4.78 is 11.7. The molecule has 3 aromatic rings. The normalized spacial score (nSPS) is 10.7. The van der Waals surface area contributed by atoms with Gasteiger partial charge in [0, 0.05) is 22.4 Å². The Bertz CT molecular complexity index is 989. The molecule has 2 aromatic heterocycles. The minimum absolute atomic E-state index is 0.0672. The molecule has 0 radical (unpaired) electrons. The van der Waals surface area contributed by atoms with Gasteiger partial charge in [-0.2, -0.15) is 5.10 Å². The van der Waals surface area contributed by atoms with Crippen molar-refractivity contribution in [2.45, 2.75) is 0 Å². The van der Waals surface area contributed by atoms with E-state index >= 15 is 0 Å². The third-order valence-corrected chi connectivity index (χ3v) is 4.29. The van der Waals surface area contributed by atoms with Crippen molar-refractivity contribution in [3.05, 3.63) is 80.9 Å². The minimum Gasteiger partial charge on any atom is -0.457 e. The molecule has 0 saturated heterocycles. The van der Waals surface area contributed by atoms with Crippen LogP contribution in [0.1, 0.15) is 26.5 Å². The molecule has 1 amide bonds. The van der Waals surface area contributed by atoms with Gasteiger partial charge in [0.25, 0.3) is 5.91 Å². The number of aromatic nitrogens is 1. The van der Waals surface area contributed by atoms with Crippen LogP contribution in [0.25, 0.3) is 0 Å². The van der Waals surface area contributed by atoms with Crippen molar-refractivity contribution in [2.24, 2.45) is 5.10 Å². The summed E-state index contributed by atoms with van der Waals surface area (Å²) in [6, 6.07) is 9.76. The number of nitrogens with zero attached hydrogens (tertiary/aromatic N) is 2. The van der Waals surface area contributed by atoms with Crippen LogP contribution in [-0.4, -0.2) is 23.1 Å². The van der Waals surface area contributed by atoms with Crippen LogP contribution in [0.4, 0.5) is 0 Å². The molecule has 3 rings (SSSR count). The Kier molecular flexibility index (Phi) is 6.15. The Balaban J connectivity index is 1.80. The van der Waals surface area contributed by atoms with Crippen molar-refractivity contribution in [3.63, 3.8) is 0 Å². The Labute approximate surface area is 170 Å². The molecule has 0 aliphatic rings. The van der Waals surface area contributed by atoms with Gasteiger partial charge in [-0.3, -0.25) is 9.78 Å². The van der Waals surface area contributed by atoms with E-state index in [4.69, 9.17) is 9.15 Å². The van der Waals surface area contributed by atoms with E-state index in [-0.39, 0.29) is 11.5 Å². The first-order valence-corrected chi connectivity index (χ1v) is 9.11. The van der Waals surface area contributed by atoms with E-state index in [9.17, 15) is 9.59 Å². The second-order valence-corrected chi connectivity index (χ2v) is 6.88. The van der Waals surface area contributed by atoms with Crippen LogP contribution in [0.5, 0.6) is 5.75 Å². The number of amides is 1. The number of carbonyl (C=O) groups is 2. The third-order valence-electron chi connectivity index (χ3n) is 3.25. The Morgan fingerprint density at radius 2 is 2.07 bits per heavy atom. The second-order valence-electron chi connectivity index (χ2n) is 5.11. The van der Waals surface area contributed by atoms with E-state index < -0.39 is 11.9 Å². The molecule has 0 atom stereocenters. The summed E-state index contributed by atoms with van der Waals surface area (Å²) in [5.41, 5.74) is 3.23. The highest BCUT2D eigenvalue weighted by Crippen LogP contribution is 2.32. The average Bonchev–Trinajstić information content (AvgIpc) is 3.20. The number of hydrogen-bond donors (Lipinski definition) is 1. The van der Waals surface area contributed by atoms with Gasteiger partial charge in [0.05, 0.1) is 22.5 Å². The molecule has 2 heterocycles. The van der Waals surface area contributed by atoms with Crippen LogP contribution in [0.3, 0.4) is 0 Å². The lowest BCUT2D eigenvalue weighted by atomic mass is 10.2. The van der Waals surface area contributed by atoms with E-state index in [0.29, 0.717) is 15.6 Å². The first-order chi connectivity index (χ1) is 13.0. The standard InChI is InChI=1S/C18H11Br2N3O4/c19-13-7-12(10-22-23-17(24)11-3-1-5-21-9-11)16(14(20)8-13)27-18(25)15-4-2-6-26-15/h1-10H,(H,23,24). The van der Waals surface area contributed by atoms with Crippen molar-refractivity contribution in [1.29, 1.82) is 0 Å². The SMILES string of the molecule is O=C(NN=Cc1cc(Br)cc(Br)c1OC(=O)c1ccco1)c1cccnc1. The summed E-state index contributed by atoms with van der Waals surface area (Å²) in [5.74, 6) is -0.767. The summed E-state index contributed by atoms with van der Waals surface area (Å²) in [6.07, 6.45) is 5.74. The Hall–Kier alpha value is -2.78. The number of benzene rings is 1. The molecule has 136 valence electrons. The maximum atomic E-state index is 12.2. The summed E-state index contributed by atoms with van der Waals surface area (Å²) in [6.45, 7) is 0. The van der Waals surface area contributed by atoms with Gasteiger partial charge in [0.1, 0.15) is 0 Å². The Morgan fingerprint density at radius 1 is 1.22 bits per heavy atom. The van der Waals surface area contributed by atoms with Gasteiger partial charge in [-0.15, -0.1) is 0 Å². The highest BCUT2D eigenvalue weighted by atomic mass is 79.9. The molecule has 9 heteroatoms. The van der Waals surface area contributed by atoms with Gasteiger partial charge in [-0.05, 0) is 52.3 Å². The lowest BCUT2D eigenvalue weighted by Gasteiger charge is -2.09. The van der Waals surface area contributed by atoms with E-state index in [1.165, 1.54) is 24.7 Å². The van der Waals surface area contributed by atoms with E-state index in [1.54, 1.807) is 36.5 Å². The highest BCUT2D eigenvalue weighted by molar-refractivity contribution is 9.11. The zero-order valence-corrected chi connectivity index (χ0v) is 16.7. The van der Waals surface area contributed by atoms with Crippen LogP contribution in [-0.2, 0) is 0 Å². The highest BCUT2D eigenvalue weighted by Gasteiger charge is 2.17. The number of nitrogens with one attached hydrogen (secondary N) is 1. The molecular weight excluding hydrogens is 482 g/mol. The van der Waals surface area contributed by atoms with E-state index in [0.717, 1.165) is 4.47 Å². The van der Waals surface area contributed by atoms with Crippen LogP contribution >= 0.6 is 31.9 Å². The first kappa shape index (κ1) is 19.0. The fourth-order valence-corrected chi connectivity index (χ4v) is 3.38. The van der Waals surface area contributed by atoms with E-state index in [2.05, 4.69) is 47.4 Å². The number of pyridine rings is 1. The number of esters is 1. The van der Waals surface area contributed by atoms with Gasteiger partial charge >= 0.3 is 5.97 Å². The monoisotopic (exact) mass is 491 g/mol. The fraction of sp³-hybridized carbons (Fsp3) is 0. The maximum Gasteiger partial charge on any atom is 0.379 e. The predicted octanol–water partition coefficient (Wildman–Crippen LogP) is 4.18. The number of ether oxygens (including phenoxy) is 1. The van der Waals surface area contributed by atoms with Crippen molar-refractivity contribution >= 4 is 50.0 Å². The zero-order chi connectivity index (χ0) is 19.2. The van der Waals surface area contributed by atoms with Gasteiger partial charge in [0.2, 0.25) is 5.76 Å². The second kappa shape index (κ2) is 8.74. The predicted molar refractivity (Wildman–Crippen MR) is 105 cm³/mol. The van der Waals surface area contributed by atoms with E-state index in [1.807, 2.05) is 0 Å². The molecule has 0 fully saturated rings. The maximum absolute atomic E-state index is 12.2. The molecule has 0 spiro atoms. The molecule has 0 bridgehead atoms. The fourth-order valence-electron chi connectivity index (χ4n) is 2.04. The van der Waals surface area contributed by atoms with Crippen LogP contribution in [0.2, 0.25) is 0 Å².